The molecule has 0 aliphatic carbocycles. The van der Waals surface area contributed by atoms with Gasteiger partial charge in [0.2, 0.25) is 10.0 Å². The van der Waals surface area contributed by atoms with E-state index in [0.717, 1.165) is 12.0 Å². The molecule has 0 aromatic heterocycles. The summed E-state index contributed by atoms with van der Waals surface area (Å²) in [6.07, 6.45) is 0.345. The Bertz CT molecular complexity index is 929. The Labute approximate surface area is 164 Å². The van der Waals surface area contributed by atoms with Crippen LogP contribution < -0.4 is 10.5 Å². The Morgan fingerprint density at radius 1 is 1.11 bits per heavy atom. The van der Waals surface area contributed by atoms with Gasteiger partial charge in [0, 0.05) is 5.69 Å². The number of hydrogen-bond acceptors (Lipinski definition) is 5. The van der Waals surface area contributed by atoms with Crippen LogP contribution in [0.5, 0.6) is 0 Å². The predicted octanol–water partition coefficient (Wildman–Crippen LogP) is 2.79. The third-order valence-corrected chi connectivity index (χ3v) is 5.07. The van der Waals surface area contributed by atoms with E-state index in [-0.39, 0.29) is 10.6 Å². The fourth-order valence-corrected chi connectivity index (χ4v) is 3.26. The fraction of sp³-hybridized carbons (Fsp3) is 0.300. The zero-order chi connectivity index (χ0) is 20.7. The minimum absolute atomic E-state index is 0.123. The lowest BCUT2D eigenvalue weighted by molar-refractivity contribution is -0.154. The highest BCUT2D eigenvalue weighted by Gasteiger charge is 2.26. The van der Waals surface area contributed by atoms with Gasteiger partial charge in [0.25, 0.3) is 5.91 Å². The summed E-state index contributed by atoms with van der Waals surface area (Å²) in [4.78, 5) is 24.8. The van der Waals surface area contributed by atoms with Gasteiger partial charge in [-0.2, -0.15) is 0 Å². The molecular weight excluding hydrogens is 380 g/mol. The van der Waals surface area contributed by atoms with Crippen LogP contribution in [0.4, 0.5) is 5.69 Å². The van der Waals surface area contributed by atoms with Crippen LogP contribution in [0, 0.1) is 0 Å². The van der Waals surface area contributed by atoms with Gasteiger partial charge >= 0.3 is 5.97 Å². The first-order valence-corrected chi connectivity index (χ1v) is 10.5. The molecule has 1 amide bonds. The third kappa shape index (κ3) is 5.90. The lowest BCUT2D eigenvalue weighted by Crippen LogP contribution is -2.32. The Morgan fingerprint density at radius 3 is 2.39 bits per heavy atom. The maximum Gasteiger partial charge on any atom is 0.314 e. The second-order valence-corrected chi connectivity index (χ2v) is 7.95. The number of nitrogens with one attached hydrogen (secondary N) is 1. The second kappa shape index (κ2) is 9.48. The molecule has 7 nitrogen and oxygen atoms in total. The molecule has 2 aromatic rings. The molecule has 150 valence electrons. The van der Waals surface area contributed by atoms with E-state index in [1.54, 1.807) is 0 Å². The van der Waals surface area contributed by atoms with Gasteiger partial charge in [0.1, 0.15) is 0 Å². The van der Waals surface area contributed by atoms with E-state index in [1.165, 1.54) is 31.2 Å². The zero-order valence-electron chi connectivity index (χ0n) is 15.8. The second-order valence-electron chi connectivity index (χ2n) is 6.39. The van der Waals surface area contributed by atoms with Crippen molar-refractivity contribution in [3.8, 4) is 0 Å². The summed E-state index contributed by atoms with van der Waals surface area (Å²) in [5.41, 5.74) is 1.08. The molecule has 0 spiro atoms. The Kier molecular flexibility index (Phi) is 7.31. The van der Waals surface area contributed by atoms with E-state index in [1.807, 2.05) is 37.3 Å². The van der Waals surface area contributed by atoms with Crippen LogP contribution in [0.25, 0.3) is 0 Å². The average molecular weight is 404 g/mol. The highest BCUT2D eigenvalue weighted by Crippen LogP contribution is 2.23. The highest BCUT2D eigenvalue weighted by atomic mass is 32.2. The van der Waals surface area contributed by atoms with Crippen molar-refractivity contribution in [2.24, 2.45) is 5.14 Å². The molecule has 2 aromatic carbocycles. The van der Waals surface area contributed by atoms with Crippen LogP contribution in [0.15, 0.2) is 59.5 Å². The van der Waals surface area contributed by atoms with E-state index < -0.39 is 33.9 Å². The number of rotatable bonds is 8. The van der Waals surface area contributed by atoms with Crippen molar-refractivity contribution in [2.45, 2.75) is 43.6 Å². The van der Waals surface area contributed by atoms with E-state index in [0.29, 0.717) is 6.42 Å². The number of amides is 1. The topological polar surface area (TPSA) is 116 Å². The molecule has 3 N–H and O–H groups in total. The maximum atomic E-state index is 12.6. The van der Waals surface area contributed by atoms with Gasteiger partial charge in [-0.3, -0.25) is 9.59 Å². The smallest absolute Gasteiger partial charge is 0.314 e. The Balaban J connectivity index is 2.06. The number of primary sulfonamides is 1. The lowest BCUT2D eigenvalue weighted by Gasteiger charge is -2.19. The summed E-state index contributed by atoms with van der Waals surface area (Å²) in [6.45, 7) is 3.43. The van der Waals surface area contributed by atoms with E-state index in [9.17, 15) is 18.0 Å². The van der Waals surface area contributed by atoms with Crippen molar-refractivity contribution in [1.29, 1.82) is 0 Å². The number of sulfonamides is 1. The minimum atomic E-state index is -3.89. The van der Waals surface area contributed by atoms with Gasteiger partial charge in [0.15, 0.2) is 6.10 Å². The number of benzene rings is 2. The quantitative estimate of drug-likeness (QED) is 0.657. The molecule has 0 unspecified atom stereocenters. The van der Waals surface area contributed by atoms with Crippen molar-refractivity contribution in [3.63, 3.8) is 0 Å². The van der Waals surface area contributed by atoms with E-state index in [2.05, 4.69) is 5.32 Å². The molecule has 8 heteroatoms. The third-order valence-electron chi connectivity index (χ3n) is 4.16. The number of nitrogens with two attached hydrogens (primary N) is 1. The number of esters is 1. The van der Waals surface area contributed by atoms with E-state index in [4.69, 9.17) is 9.88 Å². The van der Waals surface area contributed by atoms with Gasteiger partial charge < -0.3 is 10.1 Å². The first-order chi connectivity index (χ1) is 13.2. The van der Waals surface area contributed by atoms with Crippen molar-refractivity contribution in [1.82, 2.24) is 0 Å². The molecule has 2 atom stereocenters. The molecule has 0 fully saturated rings. The SMILES string of the molecule is CCC[C@@H](C(=O)O[C@@H](C)C(=O)Nc1cccc(S(N)(=O)=O)c1)c1ccccc1. The number of carbonyl (C=O) groups excluding carboxylic acids is 2. The van der Waals surface area contributed by atoms with E-state index >= 15 is 0 Å². The maximum absolute atomic E-state index is 12.6. The molecule has 0 saturated heterocycles. The molecule has 0 bridgehead atoms. The van der Waals surface area contributed by atoms with Crippen LogP contribution in [-0.2, 0) is 24.3 Å². The molecule has 0 saturated carbocycles. The van der Waals surface area contributed by atoms with Crippen LogP contribution in [0.2, 0.25) is 0 Å². The summed E-state index contributed by atoms with van der Waals surface area (Å²) < 4.78 is 28.2. The van der Waals surface area contributed by atoms with Gasteiger partial charge in [0.05, 0.1) is 10.8 Å². The Morgan fingerprint density at radius 2 is 1.79 bits per heavy atom. The van der Waals surface area contributed by atoms with Gasteiger partial charge in [-0.1, -0.05) is 49.7 Å². The predicted molar refractivity (Wildman–Crippen MR) is 106 cm³/mol. The normalized spacial score (nSPS) is 13.4. The summed E-state index contributed by atoms with van der Waals surface area (Å²) >= 11 is 0. The van der Waals surface area contributed by atoms with Crippen molar-refractivity contribution < 1.29 is 22.7 Å². The summed E-state index contributed by atoms with van der Waals surface area (Å²) in [7, 11) is -3.89. The molecule has 28 heavy (non-hydrogen) atoms. The van der Waals surface area contributed by atoms with Crippen LogP contribution >= 0.6 is 0 Å². The van der Waals surface area contributed by atoms with Crippen molar-refractivity contribution in [3.05, 3.63) is 60.2 Å². The molecule has 0 aliphatic heterocycles. The first-order valence-electron chi connectivity index (χ1n) is 8.91. The number of ether oxygens (including phenoxy) is 1. The number of carbonyl (C=O) groups is 2. The lowest BCUT2D eigenvalue weighted by atomic mass is 9.94. The van der Waals surface area contributed by atoms with Crippen LogP contribution in [0.3, 0.4) is 0 Å². The van der Waals surface area contributed by atoms with Crippen LogP contribution in [-0.4, -0.2) is 26.4 Å². The molecule has 0 heterocycles. The zero-order valence-corrected chi connectivity index (χ0v) is 16.6. The Hall–Kier alpha value is -2.71. The summed E-state index contributed by atoms with van der Waals surface area (Å²) in [5, 5.41) is 7.62. The number of hydrogen-bond donors (Lipinski definition) is 2. The molecule has 2 rings (SSSR count). The highest BCUT2D eigenvalue weighted by molar-refractivity contribution is 7.89. The monoisotopic (exact) mass is 404 g/mol. The first kappa shape index (κ1) is 21.6. The summed E-state index contributed by atoms with van der Waals surface area (Å²) in [6, 6.07) is 14.8. The molecule has 0 aliphatic rings. The standard InChI is InChI=1S/C20H24N2O5S/c1-3-8-18(15-9-5-4-6-10-15)20(24)27-14(2)19(23)22-16-11-7-12-17(13-16)28(21,25)26/h4-7,9-14,18H,3,8H2,1-2H3,(H,22,23)(H2,21,25,26)/t14-,18+/m0/s1. The van der Waals surface area contributed by atoms with Gasteiger partial charge in [-0.15, -0.1) is 0 Å². The van der Waals surface area contributed by atoms with Crippen molar-refractivity contribution >= 4 is 27.6 Å². The average Bonchev–Trinajstić information content (AvgIpc) is 2.66. The summed E-state index contributed by atoms with van der Waals surface area (Å²) in [5.74, 6) is -1.50. The largest absolute Gasteiger partial charge is 0.452 e. The molecular formula is C20H24N2O5S. The van der Waals surface area contributed by atoms with Crippen molar-refractivity contribution in [2.75, 3.05) is 5.32 Å². The van der Waals surface area contributed by atoms with Gasteiger partial charge in [-0.25, -0.2) is 13.6 Å². The van der Waals surface area contributed by atoms with Gasteiger partial charge in [-0.05, 0) is 37.1 Å². The molecule has 0 radical (unpaired) electrons. The minimum Gasteiger partial charge on any atom is -0.452 e. The fourth-order valence-electron chi connectivity index (χ4n) is 2.70. The number of anilines is 1. The van der Waals surface area contributed by atoms with Crippen LogP contribution in [0.1, 0.15) is 38.2 Å².